The molecule has 2 heteroatoms. The van der Waals surface area contributed by atoms with Crippen molar-refractivity contribution in [3.63, 3.8) is 0 Å². The predicted molar refractivity (Wildman–Crippen MR) is 64.7 cm³/mol. The molecule has 1 atom stereocenters. The number of hydrogen-bond donors (Lipinski definition) is 1. The van der Waals surface area contributed by atoms with Gasteiger partial charge in [0.1, 0.15) is 0 Å². The highest BCUT2D eigenvalue weighted by Gasteiger charge is 2.15. The molecule has 1 N–H and O–H groups in total. The van der Waals surface area contributed by atoms with Crippen LogP contribution in [-0.2, 0) is 0 Å². The van der Waals surface area contributed by atoms with Gasteiger partial charge in [0.05, 0.1) is 0 Å². The first-order valence-corrected chi connectivity index (χ1v) is 5.92. The molecule has 1 heterocycles. The second-order valence-electron chi connectivity index (χ2n) is 3.37. The van der Waals surface area contributed by atoms with E-state index in [2.05, 4.69) is 29.3 Å². The van der Waals surface area contributed by atoms with Gasteiger partial charge in [0.15, 0.2) is 0 Å². The lowest BCUT2D eigenvalue weighted by atomic mass is 10.1. The molecule has 14 heavy (non-hydrogen) atoms. The molecule has 0 fully saturated rings. The van der Waals surface area contributed by atoms with E-state index in [1.54, 1.807) is 0 Å². The van der Waals surface area contributed by atoms with Gasteiger partial charge in [0.25, 0.3) is 0 Å². The molecule has 1 aliphatic rings. The molecular weight excluding hydrogens is 172 g/mol. The van der Waals surface area contributed by atoms with Crippen molar-refractivity contribution >= 4 is 0 Å². The van der Waals surface area contributed by atoms with E-state index in [-0.39, 0.29) is 0 Å². The largest absolute Gasteiger partial charge is 0.318 e. The van der Waals surface area contributed by atoms with Crippen LogP contribution in [0.3, 0.4) is 0 Å². The summed E-state index contributed by atoms with van der Waals surface area (Å²) in [7, 11) is 2.03. The van der Waals surface area contributed by atoms with E-state index in [1.165, 1.54) is 19.4 Å². The molecule has 1 aliphatic heterocycles. The normalized spacial score (nSPS) is 18.6. The van der Waals surface area contributed by atoms with Crippen molar-refractivity contribution in [2.75, 3.05) is 26.7 Å². The van der Waals surface area contributed by atoms with Crippen LogP contribution in [0.5, 0.6) is 0 Å². The molecule has 0 aromatic heterocycles. The molecule has 2 nitrogen and oxygen atoms in total. The SMILES string of the molecule is CC.CCC(CNC)N1CC=CCC1. The Bertz CT molecular complexity index is 143. The average molecular weight is 198 g/mol. The fraction of sp³-hybridized carbons (Fsp3) is 0.833. The van der Waals surface area contributed by atoms with E-state index >= 15 is 0 Å². The Morgan fingerprint density at radius 1 is 1.36 bits per heavy atom. The Morgan fingerprint density at radius 2 is 2.07 bits per heavy atom. The molecule has 0 aromatic rings. The maximum atomic E-state index is 3.25. The molecule has 1 rings (SSSR count). The van der Waals surface area contributed by atoms with Crippen LogP contribution in [0.25, 0.3) is 0 Å². The summed E-state index contributed by atoms with van der Waals surface area (Å²) in [5.41, 5.74) is 0. The smallest absolute Gasteiger partial charge is 0.0221 e. The zero-order chi connectivity index (χ0) is 10.8. The first-order valence-electron chi connectivity index (χ1n) is 5.92. The molecule has 84 valence electrons. The fourth-order valence-corrected chi connectivity index (χ4v) is 1.76. The van der Waals surface area contributed by atoms with E-state index in [1.807, 2.05) is 20.9 Å². The maximum absolute atomic E-state index is 3.25. The Kier molecular flexibility index (Phi) is 9.00. The highest BCUT2D eigenvalue weighted by Crippen LogP contribution is 2.08. The standard InChI is InChI=1S/C10H20N2.C2H6/c1-3-10(9-11-2)12-7-5-4-6-8-12;1-2/h4-5,10-11H,3,6-9H2,1-2H3;1-2H3. The van der Waals surface area contributed by atoms with Gasteiger partial charge in [-0.15, -0.1) is 0 Å². The van der Waals surface area contributed by atoms with Crippen molar-refractivity contribution in [2.24, 2.45) is 0 Å². The molecule has 0 bridgehead atoms. The summed E-state index contributed by atoms with van der Waals surface area (Å²) in [6.07, 6.45) is 7.03. The highest BCUT2D eigenvalue weighted by atomic mass is 15.2. The maximum Gasteiger partial charge on any atom is 0.0221 e. The summed E-state index contributed by atoms with van der Waals surface area (Å²) < 4.78 is 0. The van der Waals surface area contributed by atoms with Crippen molar-refractivity contribution in [2.45, 2.75) is 39.7 Å². The minimum atomic E-state index is 0.722. The Balaban J connectivity index is 0.000000791. The molecule has 0 saturated carbocycles. The topological polar surface area (TPSA) is 15.3 Å². The number of likely N-dealkylation sites (N-methyl/N-ethyl adjacent to an activating group) is 1. The number of hydrogen-bond acceptors (Lipinski definition) is 2. The molecule has 0 radical (unpaired) electrons. The van der Waals surface area contributed by atoms with E-state index < -0.39 is 0 Å². The van der Waals surface area contributed by atoms with Crippen molar-refractivity contribution in [1.29, 1.82) is 0 Å². The van der Waals surface area contributed by atoms with Gasteiger partial charge in [-0.25, -0.2) is 0 Å². The molecule has 1 unspecified atom stereocenters. The van der Waals surface area contributed by atoms with Crippen molar-refractivity contribution in [3.05, 3.63) is 12.2 Å². The summed E-state index contributed by atoms with van der Waals surface area (Å²) >= 11 is 0. The van der Waals surface area contributed by atoms with Gasteiger partial charge in [0, 0.05) is 25.7 Å². The first-order chi connectivity index (χ1) is 6.88. The number of nitrogens with zero attached hydrogens (tertiary/aromatic N) is 1. The van der Waals surface area contributed by atoms with Gasteiger partial charge < -0.3 is 5.32 Å². The van der Waals surface area contributed by atoms with Crippen LogP contribution in [0, 0.1) is 0 Å². The van der Waals surface area contributed by atoms with Crippen LogP contribution in [0.1, 0.15) is 33.6 Å². The monoisotopic (exact) mass is 198 g/mol. The van der Waals surface area contributed by atoms with E-state index in [4.69, 9.17) is 0 Å². The summed E-state index contributed by atoms with van der Waals surface area (Å²) in [6.45, 7) is 9.75. The number of rotatable bonds is 4. The van der Waals surface area contributed by atoms with Crippen molar-refractivity contribution in [3.8, 4) is 0 Å². The molecule has 0 amide bonds. The lowest BCUT2D eigenvalue weighted by Crippen LogP contribution is -2.42. The third-order valence-corrected chi connectivity index (χ3v) is 2.52. The third kappa shape index (κ3) is 4.77. The summed E-state index contributed by atoms with van der Waals surface area (Å²) in [4.78, 5) is 2.55. The predicted octanol–water partition coefficient (Wildman–Crippen LogP) is 2.27. The van der Waals surface area contributed by atoms with Gasteiger partial charge >= 0.3 is 0 Å². The second-order valence-corrected chi connectivity index (χ2v) is 3.37. The number of nitrogens with one attached hydrogen (secondary N) is 1. The zero-order valence-electron chi connectivity index (χ0n) is 10.2. The summed E-state index contributed by atoms with van der Waals surface area (Å²) in [6, 6.07) is 0.722. The van der Waals surface area contributed by atoms with Crippen LogP contribution in [-0.4, -0.2) is 37.6 Å². The quantitative estimate of drug-likeness (QED) is 0.697. The molecule has 0 aliphatic carbocycles. The summed E-state index contributed by atoms with van der Waals surface area (Å²) in [5, 5.41) is 3.25. The van der Waals surface area contributed by atoms with Crippen LogP contribution in [0.2, 0.25) is 0 Å². The minimum absolute atomic E-state index is 0.722. The highest BCUT2D eigenvalue weighted by molar-refractivity contribution is 4.93. The lowest BCUT2D eigenvalue weighted by molar-refractivity contribution is 0.206. The van der Waals surface area contributed by atoms with Gasteiger partial charge in [0.2, 0.25) is 0 Å². The third-order valence-electron chi connectivity index (χ3n) is 2.52. The van der Waals surface area contributed by atoms with Crippen LogP contribution >= 0.6 is 0 Å². The Labute approximate surface area is 89.4 Å². The lowest BCUT2D eigenvalue weighted by Gasteiger charge is -2.31. The first kappa shape index (κ1) is 13.7. The summed E-state index contributed by atoms with van der Waals surface area (Å²) in [5.74, 6) is 0. The van der Waals surface area contributed by atoms with Crippen LogP contribution in [0.4, 0.5) is 0 Å². The molecular formula is C12H26N2. The van der Waals surface area contributed by atoms with Crippen molar-refractivity contribution < 1.29 is 0 Å². The van der Waals surface area contributed by atoms with Gasteiger partial charge in [-0.05, 0) is 19.9 Å². The Morgan fingerprint density at radius 3 is 2.50 bits per heavy atom. The zero-order valence-corrected chi connectivity index (χ0v) is 10.2. The second kappa shape index (κ2) is 9.22. The fourth-order valence-electron chi connectivity index (χ4n) is 1.76. The van der Waals surface area contributed by atoms with E-state index in [9.17, 15) is 0 Å². The van der Waals surface area contributed by atoms with Crippen LogP contribution in [0.15, 0.2) is 12.2 Å². The van der Waals surface area contributed by atoms with Gasteiger partial charge in [-0.2, -0.15) is 0 Å². The van der Waals surface area contributed by atoms with Gasteiger partial charge in [-0.1, -0.05) is 32.9 Å². The van der Waals surface area contributed by atoms with E-state index in [0.29, 0.717) is 0 Å². The Hall–Kier alpha value is -0.340. The van der Waals surface area contributed by atoms with Crippen LogP contribution < -0.4 is 5.32 Å². The van der Waals surface area contributed by atoms with Crippen molar-refractivity contribution in [1.82, 2.24) is 10.2 Å². The molecule has 0 saturated heterocycles. The van der Waals surface area contributed by atoms with Gasteiger partial charge in [-0.3, -0.25) is 4.90 Å². The molecule has 0 aromatic carbocycles. The van der Waals surface area contributed by atoms with E-state index in [0.717, 1.165) is 19.1 Å². The minimum Gasteiger partial charge on any atom is -0.318 e. The molecule has 0 spiro atoms. The average Bonchev–Trinajstić information content (AvgIpc) is 2.30.